The highest BCUT2D eigenvalue weighted by atomic mass is 16.5. The Bertz CT molecular complexity index is 831. The van der Waals surface area contributed by atoms with E-state index in [1.165, 1.54) is 5.56 Å². The van der Waals surface area contributed by atoms with Crippen LogP contribution in [0.3, 0.4) is 0 Å². The van der Waals surface area contributed by atoms with Gasteiger partial charge in [-0.15, -0.1) is 5.10 Å². The number of aromatic nitrogens is 3. The molecule has 7 nitrogen and oxygen atoms in total. The largest absolute Gasteiger partial charge is 0.373 e. The molecule has 0 radical (unpaired) electrons. The van der Waals surface area contributed by atoms with Crippen LogP contribution in [-0.2, 0) is 20.9 Å². The standard InChI is InChI=1S/C18H18N4O3/c1-10-2-4-11(5-3-10)8-21-9-19-18(20-21)22-16(23)14-12-6-7-13(25-12)15(14)17(22)24/h2-5,9,12-15H,6-8H2,1H3/t12-,13-,14-,15-/m0/s1. The van der Waals surface area contributed by atoms with Crippen LogP contribution in [0, 0.1) is 18.8 Å². The van der Waals surface area contributed by atoms with Crippen molar-refractivity contribution >= 4 is 17.8 Å². The highest BCUT2D eigenvalue weighted by molar-refractivity contribution is 6.21. The van der Waals surface area contributed by atoms with Crippen molar-refractivity contribution in [3.63, 3.8) is 0 Å². The Morgan fingerprint density at radius 1 is 1.08 bits per heavy atom. The zero-order valence-corrected chi connectivity index (χ0v) is 13.8. The van der Waals surface area contributed by atoms with Gasteiger partial charge in [0.25, 0.3) is 5.95 Å². The number of carbonyl (C=O) groups is 2. The molecule has 1 aromatic carbocycles. The molecular weight excluding hydrogens is 320 g/mol. The number of carbonyl (C=O) groups excluding carboxylic acids is 2. The predicted molar refractivity (Wildman–Crippen MR) is 87.7 cm³/mol. The summed E-state index contributed by atoms with van der Waals surface area (Å²) in [6.07, 6.45) is 3.04. The van der Waals surface area contributed by atoms with E-state index in [1.807, 2.05) is 31.2 Å². The molecule has 4 atom stereocenters. The molecule has 3 fully saturated rings. The van der Waals surface area contributed by atoms with E-state index in [0.717, 1.165) is 23.3 Å². The number of anilines is 1. The Kier molecular flexibility index (Phi) is 3.09. The third-order valence-electron chi connectivity index (χ3n) is 5.47. The van der Waals surface area contributed by atoms with Crippen molar-refractivity contribution in [3.8, 4) is 0 Å². The lowest BCUT2D eigenvalue weighted by Crippen LogP contribution is -2.35. The van der Waals surface area contributed by atoms with E-state index in [2.05, 4.69) is 10.1 Å². The molecule has 5 rings (SSSR count). The molecule has 128 valence electrons. The van der Waals surface area contributed by atoms with Crippen molar-refractivity contribution in [1.82, 2.24) is 14.8 Å². The first-order valence-electron chi connectivity index (χ1n) is 8.60. The second kappa shape index (κ2) is 5.23. The minimum absolute atomic E-state index is 0.119. The molecule has 0 spiro atoms. The Morgan fingerprint density at radius 2 is 1.72 bits per heavy atom. The van der Waals surface area contributed by atoms with Crippen LogP contribution >= 0.6 is 0 Å². The summed E-state index contributed by atoms with van der Waals surface area (Å²) >= 11 is 0. The number of ether oxygens (including phenoxy) is 1. The van der Waals surface area contributed by atoms with Gasteiger partial charge in [-0.2, -0.15) is 4.98 Å². The van der Waals surface area contributed by atoms with Gasteiger partial charge in [-0.25, -0.2) is 9.58 Å². The maximum atomic E-state index is 12.7. The molecule has 3 aliphatic rings. The Morgan fingerprint density at radius 3 is 2.36 bits per heavy atom. The lowest BCUT2D eigenvalue weighted by Gasteiger charge is -2.14. The average molecular weight is 338 g/mol. The first kappa shape index (κ1) is 14.8. The van der Waals surface area contributed by atoms with Gasteiger partial charge in [0.1, 0.15) is 6.33 Å². The second-order valence-electron chi connectivity index (χ2n) is 7.08. The quantitative estimate of drug-likeness (QED) is 0.789. The summed E-state index contributed by atoms with van der Waals surface area (Å²) < 4.78 is 7.40. The zero-order valence-electron chi connectivity index (χ0n) is 13.8. The summed E-state index contributed by atoms with van der Waals surface area (Å²) in [6, 6.07) is 8.14. The lowest BCUT2D eigenvalue weighted by molar-refractivity contribution is -0.124. The van der Waals surface area contributed by atoms with E-state index >= 15 is 0 Å². The van der Waals surface area contributed by atoms with Crippen molar-refractivity contribution in [1.29, 1.82) is 0 Å². The first-order chi connectivity index (χ1) is 12.1. The van der Waals surface area contributed by atoms with Crippen LogP contribution in [0.5, 0.6) is 0 Å². The summed E-state index contributed by atoms with van der Waals surface area (Å²) in [5.74, 6) is -0.952. The minimum atomic E-state index is -0.352. The minimum Gasteiger partial charge on any atom is -0.373 e. The van der Waals surface area contributed by atoms with Crippen molar-refractivity contribution < 1.29 is 14.3 Å². The molecule has 2 bridgehead atoms. The fourth-order valence-electron chi connectivity index (χ4n) is 4.25. The van der Waals surface area contributed by atoms with Gasteiger partial charge in [0.05, 0.1) is 30.6 Å². The summed E-state index contributed by atoms with van der Waals surface area (Å²) in [5, 5.41) is 4.36. The molecule has 3 aliphatic heterocycles. The molecule has 0 aliphatic carbocycles. The molecule has 2 amide bonds. The maximum Gasteiger partial charge on any atom is 0.258 e. The number of imide groups is 1. The monoisotopic (exact) mass is 338 g/mol. The molecule has 7 heteroatoms. The molecule has 0 N–H and O–H groups in total. The third-order valence-corrected chi connectivity index (χ3v) is 5.47. The fourth-order valence-corrected chi connectivity index (χ4v) is 4.25. The highest BCUT2D eigenvalue weighted by Crippen LogP contribution is 2.48. The molecule has 0 unspecified atom stereocenters. The average Bonchev–Trinajstić information content (AvgIpc) is 3.35. The number of benzene rings is 1. The summed E-state index contributed by atoms with van der Waals surface area (Å²) in [6.45, 7) is 2.58. The van der Waals surface area contributed by atoms with Gasteiger partial charge < -0.3 is 4.74 Å². The van der Waals surface area contributed by atoms with E-state index in [-0.39, 0.29) is 41.8 Å². The van der Waals surface area contributed by atoms with Gasteiger partial charge in [0, 0.05) is 0 Å². The Balaban J connectivity index is 1.39. The summed E-state index contributed by atoms with van der Waals surface area (Å²) in [7, 11) is 0. The molecule has 4 heterocycles. The van der Waals surface area contributed by atoms with Crippen LogP contribution in [0.4, 0.5) is 5.95 Å². The zero-order chi connectivity index (χ0) is 17.1. The SMILES string of the molecule is Cc1ccc(Cn2cnc(N3C(=O)[C@@H]4[C@@H](C3=O)[C@@H]3CC[C@@H]4O3)n2)cc1. The number of aryl methyl sites for hydroxylation is 1. The van der Waals surface area contributed by atoms with Crippen LogP contribution in [0.15, 0.2) is 30.6 Å². The molecule has 25 heavy (non-hydrogen) atoms. The third kappa shape index (κ3) is 2.15. The maximum absolute atomic E-state index is 12.7. The van der Waals surface area contributed by atoms with Crippen molar-refractivity contribution in [3.05, 3.63) is 41.7 Å². The Hall–Kier alpha value is -2.54. The number of amides is 2. The second-order valence-corrected chi connectivity index (χ2v) is 7.08. The van der Waals surface area contributed by atoms with Gasteiger partial charge in [-0.1, -0.05) is 29.8 Å². The van der Waals surface area contributed by atoms with Crippen LogP contribution in [0.1, 0.15) is 24.0 Å². The van der Waals surface area contributed by atoms with Crippen molar-refractivity contribution in [2.45, 2.75) is 38.5 Å². The first-order valence-corrected chi connectivity index (χ1v) is 8.60. The van der Waals surface area contributed by atoms with Crippen molar-refractivity contribution in [2.75, 3.05) is 4.90 Å². The van der Waals surface area contributed by atoms with Crippen LogP contribution in [-0.4, -0.2) is 38.8 Å². The smallest absolute Gasteiger partial charge is 0.258 e. The van der Waals surface area contributed by atoms with Crippen LogP contribution in [0.2, 0.25) is 0 Å². The number of nitrogens with zero attached hydrogens (tertiary/aromatic N) is 4. The van der Waals surface area contributed by atoms with E-state index in [9.17, 15) is 9.59 Å². The summed E-state index contributed by atoms with van der Waals surface area (Å²) in [5.41, 5.74) is 2.28. The highest BCUT2D eigenvalue weighted by Gasteiger charge is 2.63. The van der Waals surface area contributed by atoms with E-state index in [0.29, 0.717) is 6.54 Å². The Labute approximate surface area is 144 Å². The molecule has 2 aromatic rings. The molecule has 0 saturated carbocycles. The normalized spacial score (nSPS) is 30.4. The van der Waals surface area contributed by atoms with Crippen LogP contribution < -0.4 is 4.90 Å². The number of fused-ring (bicyclic) bond motifs is 5. The molecule has 1 aromatic heterocycles. The summed E-state index contributed by atoms with van der Waals surface area (Å²) in [4.78, 5) is 30.8. The van der Waals surface area contributed by atoms with Gasteiger partial charge in [-0.3, -0.25) is 9.59 Å². The predicted octanol–water partition coefficient (Wildman–Crippen LogP) is 1.30. The number of hydrogen-bond acceptors (Lipinski definition) is 5. The molecular formula is C18H18N4O3. The van der Waals surface area contributed by atoms with Gasteiger partial charge >= 0.3 is 0 Å². The lowest BCUT2D eigenvalue weighted by atomic mass is 9.81. The topological polar surface area (TPSA) is 77.3 Å². The van der Waals surface area contributed by atoms with Crippen molar-refractivity contribution in [2.24, 2.45) is 11.8 Å². The van der Waals surface area contributed by atoms with Crippen LogP contribution in [0.25, 0.3) is 0 Å². The van der Waals surface area contributed by atoms with Gasteiger partial charge in [-0.05, 0) is 25.3 Å². The van der Waals surface area contributed by atoms with E-state index in [1.54, 1.807) is 11.0 Å². The van der Waals surface area contributed by atoms with E-state index < -0.39 is 0 Å². The van der Waals surface area contributed by atoms with Gasteiger partial charge in [0.15, 0.2) is 0 Å². The number of rotatable bonds is 3. The molecule has 3 saturated heterocycles. The van der Waals surface area contributed by atoms with Gasteiger partial charge in [0.2, 0.25) is 11.8 Å². The fraction of sp³-hybridized carbons (Fsp3) is 0.444. The van der Waals surface area contributed by atoms with E-state index in [4.69, 9.17) is 4.74 Å². The number of hydrogen-bond donors (Lipinski definition) is 0.